The van der Waals surface area contributed by atoms with Crippen LogP contribution >= 0.6 is 0 Å². The summed E-state index contributed by atoms with van der Waals surface area (Å²) in [7, 11) is 0. The van der Waals surface area contributed by atoms with Crippen molar-refractivity contribution in [2.75, 3.05) is 0 Å². The molecule has 0 aliphatic carbocycles. The number of aromatic carboxylic acids is 2. The zero-order valence-electron chi connectivity index (χ0n) is 6.20. The van der Waals surface area contributed by atoms with Gasteiger partial charge in [0.25, 0.3) is 0 Å². The Bertz CT molecular complexity index is 280. The van der Waals surface area contributed by atoms with Gasteiger partial charge >= 0.3 is 57.4 Å². The maximum Gasteiger partial charge on any atom is 1.00 e. The Morgan fingerprint density at radius 3 is 2.42 bits per heavy atom. The number of rotatable bonds is 2. The van der Waals surface area contributed by atoms with Crippen molar-refractivity contribution in [2.45, 2.75) is 0 Å². The maximum atomic E-state index is 10.2. The molecule has 7 heteroatoms. The van der Waals surface area contributed by atoms with Crippen molar-refractivity contribution < 1.29 is 71.2 Å². The van der Waals surface area contributed by atoms with Crippen LogP contribution in [-0.4, -0.2) is 27.2 Å². The SMILES string of the molecule is O=C([O-])c1cc(C(=O)O)[nH]n1.[K+]. The van der Waals surface area contributed by atoms with E-state index in [2.05, 4.69) is 5.10 Å². The summed E-state index contributed by atoms with van der Waals surface area (Å²) in [5.74, 6) is -2.77. The predicted octanol–water partition coefficient (Wildman–Crippen LogP) is -4.52. The first-order valence-corrected chi connectivity index (χ1v) is 2.61. The maximum absolute atomic E-state index is 10.2. The van der Waals surface area contributed by atoms with Gasteiger partial charge in [0.2, 0.25) is 0 Å². The predicted molar refractivity (Wildman–Crippen MR) is 29.9 cm³/mol. The van der Waals surface area contributed by atoms with E-state index in [0.717, 1.165) is 6.07 Å². The molecule has 1 aromatic heterocycles. The van der Waals surface area contributed by atoms with Crippen molar-refractivity contribution in [1.29, 1.82) is 0 Å². The zero-order chi connectivity index (χ0) is 8.43. The van der Waals surface area contributed by atoms with Crippen LogP contribution in [0.15, 0.2) is 6.07 Å². The largest absolute Gasteiger partial charge is 1.00 e. The smallest absolute Gasteiger partial charge is 0.543 e. The van der Waals surface area contributed by atoms with E-state index in [0.29, 0.717) is 0 Å². The second-order valence-corrected chi connectivity index (χ2v) is 1.76. The molecule has 6 nitrogen and oxygen atoms in total. The van der Waals surface area contributed by atoms with Gasteiger partial charge in [0.1, 0.15) is 11.4 Å². The fourth-order valence-corrected chi connectivity index (χ4v) is 0.536. The summed E-state index contributed by atoms with van der Waals surface area (Å²) in [6, 6.07) is 0.887. The molecule has 0 atom stereocenters. The van der Waals surface area contributed by atoms with Crippen molar-refractivity contribution in [1.82, 2.24) is 10.2 Å². The average molecular weight is 194 g/mol. The molecule has 2 N–H and O–H groups in total. The molecule has 0 radical (unpaired) electrons. The summed E-state index contributed by atoms with van der Waals surface area (Å²) in [5.41, 5.74) is -0.688. The fourth-order valence-electron chi connectivity index (χ4n) is 0.536. The quantitative estimate of drug-likeness (QED) is 0.461. The minimum absolute atomic E-state index is 0. The molecule has 0 spiro atoms. The van der Waals surface area contributed by atoms with Gasteiger partial charge in [-0.15, -0.1) is 0 Å². The van der Waals surface area contributed by atoms with E-state index < -0.39 is 17.6 Å². The van der Waals surface area contributed by atoms with Crippen LogP contribution in [0.2, 0.25) is 0 Å². The number of hydrogen-bond donors (Lipinski definition) is 2. The summed E-state index contributed by atoms with van der Waals surface area (Å²) < 4.78 is 0. The molecule has 0 aliphatic rings. The van der Waals surface area contributed by atoms with E-state index in [1.165, 1.54) is 0 Å². The first kappa shape index (κ1) is 11.8. The molecule has 1 aromatic rings. The molecule has 0 amide bonds. The number of hydrogen-bond acceptors (Lipinski definition) is 4. The number of nitrogens with zero attached hydrogens (tertiary/aromatic N) is 1. The first-order valence-electron chi connectivity index (χ1n) is 2.61. The summed E-state index contributed by atoms with van der Waals surface area (Å²) in [4.78, 5) is 20.2. The third kappa shape index (κ3) is 2.68. The van der Waals surface area contributed by atoms with Crippen LogP contribution in [0.3, 0.4) is 0 Å². The molecular formula is C5H3KN2O4. The van der Waals surface area contributed by atoms with Gasteiger partial charge in [-0.3, -0.25) is 5.10 Å². The Morgan fingerprint density at radius 2 is 2.17 bits per heavy atom. The molecule has 12 heavy (non-hydrogen) atoms. The topological polar surface area (TPSA) is 106 Å². The number of nitrogens with one attached hydrogen (secondary N) is 1. The van der Waals surface area contributed by atoms with Gasteiger partial charge in [0.05, 0.1) is 5.97 Å². The van der Waals surface area contributed by atoms with Crippen LogP contribution in [0.4, 0.5) is 0 Å². The van der Waals surface area contributed by atoms with Crippen molar-refractivity contribution in [3.05, 3.63) is 17.5 Å². The van der Waals surface area contributed by atoms with Crippen LogP contribution in [0.25, 0.3) is 0 Å². The number of aromatic amines is 1. The van der Waals surface area contributed by atoms with Crippen molar-refractivity contribution >= 4 is 11.9 Å². The average Bonchev–Trinajstić information content (AvgIpc) is 2.33. The third-order valence-corrected chi connectivity index (χ3v) is 1.02. The monoisotopic (exact) mass is 194 g/mol. The van der Waals surface area contributed by atoms with Gasteiger partial charge in [-0.1, -0.05) is 0 Å². The second kappa shape index (κ2) is 4.72. The third-order valence-electron chi connectivity index (χ3n) is 1.02. The normalized spacial score (nSPS) is 8.67. The Balaban J connectivity index is 0.00000121. The summed E-state index contributed by atoms with van der Waals surface area (Å²) in [6.07, 6.45) is 0. The summed E-state index contributed by atoms with van der Waals surface area (Å²) >= 11 is 0. The molecule has 0 unspecified atom stereocenters. The van der Waals surface area contributed by atoms with Crippen LogP contribution in [0.5, 0.6) is 0 Å². The van der Waals surface area contributed by atoms with Gasteiger partial charge in [0, 0.05) is 0 Å². The summed E-state index contributed by atoms with van der Waals surface area (Å²) in [6.45, 7) is 0. The molecule has 0 aromatic carbocycles. The van der Waals surface area contributed by atoms with Crippen LogP contribution in [-0.2, 0) is 0 Å². The number of carbonyl (C=O) groups excluding carboxylic acids is 1. The Labute approximate surface area is 109 Å². The zero-order valence-corrected chi connectivity index (χ0v) is 9.32. The van der Waals surface area contributed by atoms with E-state index >= 15 is 0 Å². The molecule has 0 saturated carbocycles. The molecule has 0 fully saturated rings. The number of carboxylic acid groups (broad SMARTS) is 2. The van der Waals surface area contributed by atoms with Gasteiger partial charge in [-0.05, 0) is 6.07 Å². The number of carboxylic acids is 2. The van der Waals surface area contributed by atoms with E-state index in [1.54, 1.807) is 0 Å². The molecule has 0 saturated heterocycles. The number of H-pyrrole nitrogens is 1. The molecule has 0 aliphatic heterocycles. The standard InChI is InChI=1S/C5H4N2O4.K/c8-4(9)2-1-3(5(10)11)7-6-2;/h1H,(H,6,7)(H,8,9)(H,10,11);/q;+1/p-1. The fraction of sp³-hybridized carbons (Fsp3) is 0. The van der Waals surface area contributed by atoms with Gasteiger partial charge in [-0.2, -0.15) is 5.10 Å². The Morgan fingerprint density at radius 1 is 1.58 bits per heavy atom. The van der Waals surface area contributed by atoms with Crippen LogP contribution in [0.1, 0.15) is 21.0 Å². The summed E-state index contributed by atoms with van der Waals surface area (Å²) in [5, 5.41) is 23.5. The van der Waals surface area contributed by atoms with Gasteiger partial charge < -0.3 is 15.0 Å². The van der Waals surface area contributed by atoms with Crippen molar-refractivity contribution in [2.24, 2.45) is 0 Å². The molecule has 58 valence electrons. The molecule has 1 heterocycles. The molecule has 1 rings (SSSR count). The second-order valence-electron chi connectivity index (χ2n) is 1.76. The van der Waals surface area contributed by atoms with E-state index in [4.69, 9.17) is 5.11 Å². The molecular weight excluding hydrogens is 191 g/mol. The van der Waals surface area contributed by atoms with E-state index in [1.807, 2.05) is 5.10 Å². The van der Waals surface area contributed by atoms with E-state index in [9.17, 15) is 14.7 Å². The van der Waals surface area contributed by atoms with Crippen LogP contribution in [0, 0.1) is 0 Å². The van der Waals surface area contributed by atoms with Crippen molar-refractivity contribution in [3.63, 3.8) is 0 Å². The number of aromatic nitrogens is 2. The minimum Gasteiger partial charge on any atom is -0.543 e. The minimum atomic E-state index is -1.51. The van der Waals surface area contributed by atoms with E-state index in [-0.39, 0.29) is 57.1 Å². The van der Waals surface area contributed by atoms with Gasteiger partial charge in [-0.25, -0.2) is 4.79 Å². The number of carbonyl (C=O) groups is 2. The van der Waals surface area contributed by atoms with Gasteiger partial charge in [0.15, 0.2) is 0 Å². The van der Waals surface area contributed by atoms with Crippen molar-refractivity contribution in [3.8, 4) is 0 Å². The Hall–Kier alpha value is -0.214. The molecule has 0 bridgehead atoms. The van der Waals surface area contributed by atoms with Crippen LogP contribution < -0.4 is 56.5 Å². The first-order chi connectivity index (χ1) is 5.11. The Kier molecular flexibility index (Phi) is 4.64.